The molecule has 0 saturated heterocycles. The predicted molar refractivity (Wildman–Crippen MR) is 111 cm³/mol. The molecule has 0 heterocycles. The molecule has 1 aliphatic rings. The Bertz CT molecular complexity index is 803. The van der Waals surface area contributed by atoms with Crippen molar-refractivity contribution in [1.82, 2.24) is 0 Å². The molecule has 2 aromatic rings. The molecule has 0 N–H and O–H groups in total. The summed E-state index contributed by atoms with van der Waals surface area (Å²) in [6, 6.07) is 17.2. The van der Waals surface area contributed by atoms with Crippen LogP contribution >= 0.6 is 0 Å². The fourth-order valence-corrected chi connectivity index (χ4v) is 3.40. The molecule has 0 unspecified atom stereocenters. The molecular formula is C24H28O3. The Labute approximate surface area is 162 Å². The highest BCUT2D eigenvalue weighted by Gasteiger charge is 2.25. The number of aryl methyl sites for hydroxylation is 1. The van der Waals surface area contributed by atoms with Gasteiger partial charge in [-0.2, -0.15) is 0 Å². The Balaban J connectivity index is 1.69. The largest absolute Gasteiger partial charge is 0.382 e. The van der Waals surface area contributed by atoms with Crippen LogP contribution in [0.1, 0.15) is 28.7 Å². The average molecular weight is 364 g/mol. The molecule has 142 valence electrons. The Kier molecular flexibility index (Phi) is 6.99. The van der Waals surface area contributed by atoms with Crippen molar-refractivity contribution < 1.29 is 14.2 Å². The average Bonchev–Trinajstić information content (AvgIpc) is 2.97. The lowest BCUT2D eigenvalue weighted by atomic mass is 9.96. The van der Waals surface area contributed by atoms with E-state index >= 15 is 0 Å². The van der Waals surface area contributed by atoms with Gasteiger partial charge in [0.1, 0.15) is 0 Å². The van der Waals surface area contributed by atoms with Gasteiger partial charge in [-0.1, -0.05) is 60.7 Å². The lowest BCUT2D eigenvalue weighted by Crippen LogP contribution is -2.09. The summed E-state index contributed by atoms with van der Waals surface area (Å²) in [6.07, 6.45) is 0.842. The molecule has 0 atom stereocenters. The van der Waals surface area contributed by atoms with Gasteiger partial charge in [0, 0.05) is 7.11 Å². The molecule has 3 rings (SSSR count). The molecule has 27 heavy (non-hydrogen) atoms. The van der Waals surface area contributed by atoms with Crippen LogP contribution in [0.25, 0.3) is 11.1 Å². The smallest absolute Gasteiger partial charge is 0.0701 e. The van der Waals surface area contributed by atoms with E-state index in [-0.39, 0.29) is 0 Å². The number of fused-ring (bicyclic) bond motifs is 1. The summed E-state index contributed by atoms with van der Waals surface area (Å²) in [7, 11) is 1.67. The van der Waals surface area contributed by atoms with Crippen LogP contribution in [0.15, 0.2) is 60.7 Å². The third-order valence-electron chi connectivity index (χ3n) is 4.83. The Morgan fingerprint density at radius 3 is 2.11 bits per heavy atom. The fraction of sp³-hybridized carbons (Fsp3) is 0.333. The highest BCUT2D eigenvalue weighted by atomic mass is 16.5. The summed E-state index contributed by atoms with van der Waals surface area (Å²) in [5, 5.41) is 0. The molecule has 0 saturated carbocycles. The van der Waals surface area contributed by atoms with E-state index in [9.17, 15) is 0 Å². The van der Waals surface area contributed by atoms with Crippen molar-refractivity contribution in [1.29, 1.82) is 0 Å². The SMILES string of the molecule is C=C1C(CCOCCOCCOC)=C(c2ccc(C)cc2)c2ccccc21. The van der Waals surface area contributed by atoms with Gasteiger partial charge >= 0.3 is 0 Å². The molecule has 2 aromatic carbocycles. The van der Waals surface area contributed by atoms with Gasteiger partial charge in [0.15, 0.2) is 0 Å². The van der Waals surface area contributed by atoms with E-state index in [2.05, 4.69) is 62.0 Å². The van der Waals surface area contributed by atoms with Crippen LogP contribution in [0.4, 0.5) is 0 Å². The van der Waals surface area contributed by atoms with Crippen LogP contribution in [-0.4, -0.2) is 40.1 Å². The zero-order chi connectivity index (χ0) is 19.1. The highest BCUT2D eigenvalue weighted by molar-refractivity contribution is 6.04. The third kappa shape index (κ3) is 4.75. The molecule has 0 radical (unpaired) electrons. The van der Waals surface area contributed by atoms with E-state index in [0.29, 0.717) is 33.0 Å². The zero-order valence-electron chi connectivity index (χ0n) is 16.3. The maximum Gasteiger partial charge on any atom is 0.0701 e. The van der Waals surface area contributed by atoms with Crippen LogP contribution in [0, 0.1) is 6.92 Å². The number of methoxy groups -OCH3 is 1. The molecule has 0 spiro atoms. The molecule has 1 aliphatic carbocycles. The van der Waals surface area contributed by atoms with Crippen molar-refractivity contribution in [2.24, 2.45) is 0 Å². The second-order valence-corrected chi connectivity index (χ2v) is 6.71. The van der Waals surface area contributed by atoms with Crippen LogP contribution in [0.3, 0.4) is 0 Å². The first-order valence-corrected chi connectivity index (χ1v) is 9.46. The Morgan fingerprint density at radius 2 is 1.41 bits per heavy atom. The summed E-state index contributed by atoms with van der Waals surface area (Å²) in [6.45, 7) is 9.55. The lowest BCUT2D eigenvalue weighted by molar-refractivity contribution is 0.0257. The number of rotatable bonds is 10. The van der Waals surface area contributed by atoms with Crippen molar-refractivity contribution in [3.8, 4) is 0 Å². The number of allylic oxidation sites excluding steroid dienone is 1. The monoisotopic (exact) mass is 364 g/mol. The lowest BCUT2D eigenvalue weighted by Gasteiger charge is -2.11. The molecule has 0 amide bonds. The van der Waals surface area contributed by atoms with E-state index in [1.54, 1.807) is 7.11 Å². The summed E-state index contributed by atoms with van der Waals surface area (Å²) in [4.78, 5) is 0. The minimum absolute atomic E-state index is 0.592. The van der Waals surface area contributed by atoms with Gasteiger partial charge < -0.3 is 14.2 Å². The first-order chi connectivity index (χ1) is 13.2. The third-order valence-corrected chi connectivity index (χ3v) is 4.83. The van der Waals surface area contributed by atoms with Gasteiger partial charge in [0.05, 0.1) is 33.0 Å². The normalized spacial score (nSPS) is 13.3. The maximum atomic E-state index is 5.79. The van der Waals surface area contributed by atoms with Crippen LogP contribution in [-0.2, 0) is 14.2 Å². The van der Waals surface area contributed by atoms with Crippen LogP contribution in [0.5, 0.6) is 0 Å². The van der Waals surface area contributed by atoms with E-state index < -0.39 is 0 Å². The fourth-order valence-electron chi connectivity index (χ4n) is 3.40. The minimum Gasteiger partial charge on any atom is -0.382 e. The maximum absolute atomic E-state index is 5.79. The van der Waals surface area contributed by atoms with Gasteiger partial charge in [0.2, 0.25) is 0 Å². The number of hydrogen-bond acceptors (Lipinski definition) is 3. The summed E-state index contributed by atoms with van der Waals surface area (Å²) < 4.78 is 16.2. The number of ether oxygens (including phenoxy) is 3. The molecule has 3 nitrogen and oxygen atoms in total. The van der Waals surface area contributed by atoms with Crippen molar-refractivity contribution in [3.63, 3.8) is 0 Å². The number of hydrogen-bond donors (Lipinski definition) is 0. The second-order valence-electron chi connectivity index (χ2n) is 6.71. The molecule has 0 aliphatic heterocycles. The Hall–Kier alpha value is -2.20. The standard InChI is InChI=1S/C24H28O3/c1-18-8-10-20(11-9-18)24-22(12-13-26-16-17-27-15-14-25-3)19(2)21-6-4-5-7-23(21)24/h4-11H,2,12-17H2,1,3H3. The van der Waals surface area contributed by atoms with Crippen molar-refractivity contribution >= 4 is 11.1 Å². The highest BCUT2D eigenvalue weighted by Crippen LogP contribution is 2.44. The van der Waals surface area contributed by atoms with Crippen molar-refractivity contribution in [2.75, 3.05) is 40.1 Å². The first-order valence-electron chi connectivity index (χ1n) is 9.46. The molecular weight excluding hydrogens is 336 g/mol. The van der Waals surface area contributed by atoms with E-state index in [1.807, 2.05) is 0 Å². The van der Waals surface area contributed by atoms with Gasteiger partial charge in [0.25, 0.3) is 0 Å². The predicted octanol–water partition coefficient (Wildman–Crippen LogP) is 4.89. The van der Waals surface area contributed by atoms with Gasteiger partial charge in [-0.25, -0.2) is 0 Å². The summed E-state index contributed by atoms with van der Waals surface area (Å²) in [5.41, 5.74) is 8.68. The summed E-state index contributed by atoms with van der Waals surface area (Å²) in [5.74, 6) is 0. The molecule has 0 fully saturated rings. The van der Waals surface area contributed by atoms with Gasteiger partial charge in [-0.05, 0) is 46.8 Å². The minimum atomic E-state index is 0.592. The van der Waals surface area contributed by atoms with E-state index in [4.69, 9.17) is 14.2 Å². The van der Waals surface area contributed by atoms with E-state index in [0.717, 1.165) is 12.0 Å². The molecule has 0 aromatic heterocycles. The summed E-state index contributed by atoms with van der Waals surface area (Å²) >= 11 is 0. The quantitative estimate of drug-likeness (QED) is 0.562. The zero-order valence-corrected chi connectivity index (χ0v) is 16.3. The molecule has 0 bridgehead atoms. The first kappa shape index (κ1) is 19.6. The molecule has 3 heteroatoms. The van der Waals surface area contributed by atoms with E-state index in [1.165, 1.54) is 33.4 Å². The van der Waals surface area contributed by atoms with Crippen LogP contribution < -0.4 is 0 Å². The number of benzene rings is 2. The van der Waals surface area contributed by atoms with Gasteiger partial charge in [-0.3, -0.25) is 0 Å². The topological polar surface area (TPSA) is 27.7 Å². The Morgan fingerprint density at radius 1 is 0.778 bits per heavy atom. The van der Waals surface area contributed by atoms with Crippen LogP contribution in [0.2, 0.25) is 0 Å². The van der Waals surface area contributed by atoms with Gasteiger partial charge in [-0.15, -0.1) is 0 Å². The van der Waals surface area contributed by atoms with Crippen molar-refractivity contribution in [2.45, 2.75) is 13.3 Å². The van der Waals surface area contributed by atoms with Crippen molar-refractivity contribution in [3.05, 3.63) is 82.9 Å². The second kappa shape index (κ2) is 9.65.